The number of para-hydroxylation sites is 1. The van der Waals surface area contributed by atoms with E-state index in [1.807, 2.05) is 29.8 Å². The van der Waals surface area contributed by atoms with Gasteiger partial charge in [0.2, 0.25) is 0 Å². The van der Waals surface area contributed by atoms with Crippen molar-refractivity contribution in [2.24, 2.45) is 0 Å². The fourth-order valence-corrected chi connectivity index (χ4v) is 2.75. The second-order valence-electron chi connectivity index (χ2n) is 5.24. The van der Waals surface area contributed by atoms with Crippen molar-refractivity contribution in [3.8, 4) is 11.4 Å². The second kappa shape index (κ2) is 5.61. The van der Waals surface area contributed by atoms with Crippen molar-refractivity contribution in [3.05, 3.63) is 23.8 Å². The number of benzene rings is 1. The number of rotatable bonds is 5. The van der Waals surface area contributed by atoms with Gasteiger partial charge in [0.25, 0.3) is 0 Å². The van der Waals surface area contributed by atoms with E-state index >= 15 is 0 Å². The molecule has 0 atom stereocenters. The zero-order chi connectivity index (χ0) is 14.8. The Morgan fingerprint density at radius 2 is 1.80 bits per heavy atom. The fraction of sp³-hybridized carbons (Fsp3) is 0.533. The smallest absolute Gasteiger partial charge is 0.184 e. The van der Waals surface area contributed by atoms with Crippen molar-refractivity contribution in [1.29, 1.82) is 0 Å². The zero-order valence-corrected chi connectivity index (χ0v) is 12.7. The minimum atomic E-state index is -0.0466. The third-order valence-corrected chi connectivity index (χ3v) is 4.46. The van der Waals surface area contributed by atoms with Crippen LogP contribution in [0.4, 0.5) is 5.69 Å². The Labute approximate surface area is 120 Å². The molecule has 0 bridgehead atoms. The lowest BCUT2D eigenvalue weighted by molar-refractivity contribution is 0.223. The molecular formula is C15H23N5. The SMILES string of the molecule is CCC(CC)(CC)n1nnnc1-c1cccc(C)c1N. The van der Waals surface area contributed by atoms with Gasteiger partial charge in [-0.1, -0.05) is 32.9 Å². The molecule has 0 aliphatic rings. The van der Waals surface area contributed by atoms with Gasteiger partial charge >= 0.3 is 0 Å². The van der Waals surface area contributed by atoms with Crippen LogP contribution in [0.25, 0.3) is 11.4 Å². The Balaban J connectivity index is 2.61. The Morgan fingerprint density at radius 3 is 2.40 bits per heavy atom. The molecule has 108 valence electrons. The monoisotopic (exact) mass is 273 g/mol. The van der Waals surface area contributed by atoms with Gasteiger partial charge in [-0.3, -0.25) is 0 Å². The molecule has 2 N–H and O–H groups in total. The summed E-state index contributed by atoms with van der Waals surface area (Å²) in [6.45, 7) is 8.54. The van der Waals surface area contributed by atoms with Crippen LogP contribution < -0.4 is 5.73 Å². The van der Waals surface area contributed by atoms with E-state index in [4.69, 9.17) is 5.73 Å². The summed E-state index contributed by atoms with van der Waals surface area (Å²) in [6.07, 6.45) is 2.97. The summed E-state index contributed by atoms with van der Waals surface area (Å²) in [6, 6.07) is 5.97. The highest BCUT2D eigenvalue weighted by atomic mass is 15.6. The maximum Gasteiger partial charge on any atom is 0.184 e. The number of nitrogens with zero attached hydrogens (tertiary/aromatic N) is 4. The summed E-state index contributed by atoms with van der Waals surface area (Å²) in [5.41, 5.74) is 8.87. The molecule has 1 aromatic carbocycles. The Bertz CT molecular complexity index is 575. The molecule has 1 heterocycles. The first kappa shape index (κ1) is 14.5. The van der Waals surface area contributed by atoms with Crippen LogP contribution in [-0.4, -0.2) is 20.2 Å². The first-order chi connectivity index (χ1) is 9.59. The minimum absolute atomic E-state index is 0.0466. The lowest BCUT2D eigenvalue weighted by atomic mass is 9.89. The average Bonchev–Trinajstić information content (AvgIpc) is 2.94. The molecule has 0 saturated heterocycles. The van der Waals surface area contributed by atoms with E-state index in [1.165, 1.54) is 0 Å². The van der Waals surface area contributed by atoms with E-state index in [0.717, 1.165) is 41.9 Å². The highest BCUT2D eigenvalue weighted by molar-refractivity contribution is 5.74. The molecule has 2 rings (SSSR count). The summed E-state index contributed by atoms with van der Waals surface area (Å²) < 4.78 is 1.96. The summed E-state index contributed by atoms with van der Waals surface area (Å²) in [5.74, 6) is 0.761. The van der Waals surface area contributed by atoms with Gasteiger partial charge in [-0.2, -0.15) is 0 Å². The number of tetrazole rings is 1. The maximum atomic E-state index is 6.20. The third kappa shape index (κ3) is 2.17. The van der Waals surface area contributed by atoms with E-state index in [1.54, 1.807) is 0 Å². The zero-order valence-electron chi connectivity index (χ0n) is 12.7. The Kier molecular flexibility index (Phi) is 4.06. The van der Waals surface area contributed by atoms with Crippen molar-refractivity contribution >= 4 is 5.69 Å². The van der Waals surface area contributed by atoms with Gasteiger partial charge in [-0.05, 0) is 48.2 Å². The van der Waals surface area contributed by atoms with Gasteiger partial charge in [0.15, 0.2) is 5.82 Å². The van der Waals surface area contributed by atoms with Crippen LogP contribution in [0.15, 0.2) is 18.2 Å². The van der Waals surface area contributed by atoms with Crippen molar-refractivity contribution in [3.63, 3.8) is 0 Å². The Morgan fingerprint density at radius 1 is 1.15 bits per heavy atom. The number of hydrogen-bond donors (Lipinski definition) is 1. The molecule has 1 aromatic heterocycles. The standard InChI is InChI=1S/C15H23N5/c1-5-15(6-2,7-3)20-14(17-18-19-20)12-10-8-9-11(4)13(12)16/h8-10H,5-7,16H2,1-4H3. The maximum absolute atomic E-state index is 6.20. The lowest BCUT2D eigenvalue weighted by Gasteiger charge is -2.31. The topological polar surface area (TPSA) is 69.6 Å². The summed E-state index contributed by atoms with van der Waals surface area (Å²) >= 11 is 0. The molecule has 5 nitrogen and oxygen atoms in total. The van der Waals surface area contributed by atoms with E-state index in [0.29, 0.717) is 0 Å². The van der Waals surface area contributed by atoms with Crippen molar-refractivity contribution in [2.75, 3.05) is 5.73 Å². The van der Waals surface area contributed by atoms with Gasteiger partial charge in [0.05, 0.1) is 5.54 Å². The Hall–Kier alpha value is -1.91. The summed E-state index contributed by atoms with van der Waals surface area (Å²) in [5, 5.41) is 12.4. The number of aryl methyl sites for hydroxylation is 1. The number of nitrogens with two attached hydrogens (primary N) is 1. The highest BCUT2D eigenvalue weighted by Crippen LogP contribution is 2.34. The van der Waals surface area contributed by atoms with Crippen LogP contribution in [0.3, 0.4) is 0 Å². The molecule has 0 fully saturated rings. The third-order valence-electron chi connectivity index (χ3n) is 4.46. The molecule has 0 amide bonds. The molecule has 0 unspecified atom stereocenters. The fourth-order valence-electron chi connectivity index (χ4n) is 2.75. The summed E-state index contributed by atoms with van der Waals surface area (Å²) in [4.78, 5) is 0. The van der Waals surface area contributed by atoms with Gasteiger partial charge in [0.1, 0.15) is 0 Å². The van der Waals surface area contributed by atoms with Crippen LogP contribution in [0.2, 0.25) is 0 Å². The molecule has 0 aliphatic carbocycles. The number of nitrogen functional groups attached to an aromatic ring is 1. The first-order valence-corrected chi connectivity index (χ1v) is 7.24. The molecule has 20 heavy (non-hydrogen) atoms. The van der Waals surface area contributed by atoms with E-state index in [9.17, 15) is 0 Å². The highest BCUT2D eigenvalue weighted by Gasteiger charge is 2.31. The number of hydrogen-bond acceptors (Lipinski definition) is 4. The number of aromatic nitrogens is 4. The van der Waals surface area contributed by atoms with E-state index < -0.39 is 0 Å². The molecule has 5 heteroatoms. The normalized spacial score (nSPS) is 11.8. The molecule has 0 saturated carbocycles. The molecule has 0 spiro atoms. The van der Waals surface area contributed by atoms with Gasteiger partial charge in [-0.15, -0.1) is 5.10 Å². The van der Waals surface area contributed by atoms with Gasteiger partial charge < -0.3 is 5.73 Å². The second-order valence-corrected chi connectivity index (χ2v) is 5.24. The van der Waals surface area contributed by atoms with Crippen LogP contribution in [-0.2, 0) is 5.54 Å². The predicted octanol–water partition coefficient (Wildman–Crippen LogP) is 3.16. The van der Waals surface area contributed by atoms with Crippen LogP contribution in [0, 0.1) is 6.92 Å². The average molecular weight is 273 g/mol. The van der Waals surface area contributed by atoms with Crippen LogP contribution >= 0.6 is 0 Å². The van der Waals surface area contributed by atoms with Crippen LogP contribution in [0.1, 0.15) is 45.6 Å². The molecule has 0 radical (unpaired) electrons. The molecular weight excluding hydrogens is 250 g/mol. The van der Waals surface area contributed by atoms with Gasteiger partial charge in [-0.25, -0.2) is 4.68 Å². The van der Waals surface area contributed by atoms with Crippen molar-refractivity contribution in [1.82, 2.24) is 20.2 Å². The van der Waals surface area contributed by atoms with Crippen molar-refractivity contribution in [2.45, 2.75) is 52.5 Å². The lowest BCUT2D eigenvalue weighted by Crippen LogP contribution is -2.33. The minimum Gasteiger partial charge on any atom is -0.398 e. The van der Waals surface area contributed by atoms with E-state index in [-0.39, 0.29) is 5.54 Å². The van der Waals surface area contributed by atoms with Crippen LogP contribution in [0.5, 0.6) is 0 Å². The number of anilines is 1. The molecule has 2 aromatic rings. The first-order valence-electron chi connectivity index (χ1n) is 7.24. The largest absolute Gasteiger partial charge is 0.398 e. The molecule has 0 aliphatic heterocycles. The predicted molar refractivity (Wildman–Crippen MR) is 81.2 cm³/mol. The quantitative estimate of drug-likeness (QED) is 0.849. The van der Waals surface area contributed by atoms with Crippen molar-refractivity contribution < 1.29 is 0 Å². The summed E-state index contributed by atoms with van der Waals surface area (Å²) in [7, 11) is 0. The van der Waals surface area contributed by atoms with E-state index in [2.05, 4.69) is 36.3 Å². The van der Waals surface area contributed by atoms with Gasteiger partial charge in [0, 0.05) is 11.3 Å².